The Morgan fingerprint density at radius 3 is 2.83 bits per heavy atom. The average molecular weight is 324 g/mol. The molecular formula is C17H16N4OS. The maximum absolute atomic E-state index is 12.0. The van der Waals surface area contributed by atoms with Crippen LogP contribution in [-0.4, -0.2) is 20.9 Å². The molecule has 0 saturated heterocycles. The van der Waals surface area contributed by atoms with Crippen LogP contribution in [0.25, 0.3) is 10.7 Å². The number of pyridine rings is 2. The van der Waals surface area contributed by atoms with Gasteiger partial charge in [0.25, 0.3) is 0 Å². The Hall–Kier alpha value is -2.60. The van der Waals surface area contributed by atoms with E-state index in [0.29, 0.717) is 6.54 Å². The first-order valence-electron chi connectivity index (χ1n) is 7.26. The fourth-order valence-electron chi connectivity index (χ4n) is 2.11. The summed E-state index contributed by atoms with van der Waals surface area (Å²) in [5.41, 5.74) is 3.38. The molecule has 0 spiro atoms. The van der Waals surface area contributed by atoms with Gasteiger partial charge in [0, 0.05) is 17.3 Å². The summed E-state index contributed by atoms with van der Waals surface area (Å²) in [7, 11) is 0. The van der Waals surface area contributed by atoms with Gasteiger partial charge >= 0.3 is 0 Å². The zero-order chi connectivity index (χ0) is 16.1. The van der Waals surface area contributed by atoms with Crippen molar-refractivity contribution in [3.63, 3.8) is 0 Å². The number of carbonyl (C=O) groups is 1. The number of amides is 1. The summed E-state index contributed by atoms with van der Waals surface area (Å²) in [4.78, 5) is 25.1. The molecule has 0 fully saturated rings. The summed E-state index contributed by atoms with van der Waals surface area (Å²) >= 11 is 1.50. The normalized spacial score (nSPS) is 10.5. The predicted octanol–water partition coefficient (Wildman–Crippen LogP) is 2.77. The molecule has 3 aromatic rings. The molecule has 0 atom stereocenters. The first kappa shape index (κ1) is 15.3. The number of nitrogens with zero attached hydrogens (tertiary/aromatic N) is 3. The van der Waals surface area contributed by atoms with Gasteiger partial charge in [0.15, 0.2) is 0 Å². The molecule has 0 saturated carbocycles. The van der Waals surface area contributed by atoms with Crippen LogP contribution in [0.4, 0.5) is 0 Å². The SMILES string of the molecule is Cc1cccc(CNC(=O)Cc2csc(-c3ccccn3)n2)n1. The lowest BCUT2D eigenvalue weighted by Crippen LogP contribution is -2.25. The molecule has 0 aromatic carbocycles. The summed E-state index contributed by atoms with van der Waals surface area (Å²) in [6, 6.07) is 11.5. The number of carbonyl (C=O) groups excluding carboxylic acids is 1. The van der Waals surface area contributed by atoms with Gasteiger partial charge in [-0.3, -0.25) is 14.8 Å². The van der Waals surface area contributed by atoms with Crippen LogP contribution in [0, 0.1) is 6.92 Å². The van der Waals surface area contributed by atoms with Gasteiger partial charge in [-0.25, -0.2) is 4.98 Å². The minimum atomic E-state index is -0.0637. The maximum atomic E-state index is 12.0. The highest BCUT2D eigenvalue weighted by molar-refractivity contribution is 7.13. The van der Waals surface area contributed by atoms with Gasteiger partial charge in [-0.05, 0) is 31.2 Å². The second-order valence-corrected chi connectivity index (χ2v) is 5.94. The zero-order valence-electron chi connectivity index (χ0n) is 12.7. The molecule has 0 bridgehead atoms. The van der Waals surface area contributed by atoms with Gasteiger partial charge in [-0.1, -0.05) is 12.1 Å². The molecule has 0 aliphatic heterocycles. The molecule has 5 nitrogen and oxygen atoms in total. The van der Waals surface area contributed by atoms with Crippen molar-refractivity contribution in [1.82, 2.24) is 20.3 Å². The Balaban J connectivity index is 1.57. The highest BCUT2D eigenvalue weighted by Crippen LogP contribution is 2.21. The standard InChI is InChI=1S/C17H16N4OS/c1-12-5-4-6-13(20-12)10-19-16(22)9-14-11-23-17(21-14)15-7-2-3-8-18-15/h2-8,11H,9-10H2,1H3,(H,19,22). The van der Waals surface area contributed by atoms with Gasteiger partial charge in [-0.15, -0.1) is 11.3 Å². The highest BCUT2D eigenvalue weighted by atomic mass is 32.1. The van der Waals surface area contributed by atoms with Crippen molar-refractivity contribution in [2.24, 2.45) is 0 Å². The minimum Gasteiger partial charge on any atom is -0.350 e. The monoisotopic (exact) mass is 324 g/mol. The van der Waals surface area contributed by atoms with Crippen molar-refractivity contribution in [1.29, 1.82) is 0 Å². The number of thiazole rings is 1. The van der Waals surface area contributed by atoms with Gasteiger partial charge in [0.05, 0.1) is 30.0 Å². The molecule has 116 valence electrons. The minimum absolute atomic E-state index is 0.0637. The van der Waals surface area contributed by atoms with Crippen molar-refractivity contribution < 1.29 is 4.79 Å². The quantitative estimate of drug-likeness (QED) is 0.783. The van der Waals surface area contributed by atoms with Gasteiger partial charge in [0.2, 0.25) is 5.91 Å². The summed E-state index contributed by atoms with van der Waals surface area (Å²) in [6.07, 6.45) is 1.99. The third kappa shape index (κ3) is 4.20. The summed E-state index contributed by atoms with van der Waals surface area (Å²) in [5, 5.41) is 5.60. The van der Waals surface area contributed by atoms with Crippen LogP contribution >= 0.6 is 11.3 Å². The molecule has 3 heterocycles. The molecule has 1 amide bonds. The maximum Gasteiger partial charge on any atom is 0.226 e. The van der Waals surface area contributed by atoms with Crippen LogP contribution in [0.15, 0.2) is 48.0 Å². The highest BCUT2D eigenvalue weighted by Gasteiger charge is 2.09. The van der Waals surface area contributed by atoms with E-state index < -0.39 is 0 Å². The average Bonchev–Trinajstić information content (AvgIpc) is 3.02. The van der Waals surface area contributed by atoms with Gasteiger partial charge in [0.1, 0.15) is 5.01 Å². The van der Waals surface area contributed by atoms with E-state index in [9.17, 15) is 4.79 Å². The molecule has 0 radical (unpaired) electrons. The topological polar surface area (TPSA) is 67.8 Å². The molecule has 3 aromatic heterocycles. The Bertz CT molecular complexity index is 801. The van der Waals surface area contributed by atoms with Crippen molar-refractivity contribution in [3.05, 3.63) is 65.1 Å². The molecule has 3 rings (SSSR count). The van der Waals surface area contributed by atoms with Crippen molar-refractivity contribution in [3.8, 4) is 10.7 Å². The first-order chi connectivity index (χ1) is 11.2. The van der Waals surface area contributed by atoms with E-state index in [1.165, 1.54) is 11.3 Å². The van der Waals surface area contributed by atoms with E-state index in [0.717, 1.165) is 27.8 Å². The van der Waals surface area contributed by atoms with Crippen LogP contribution in [0.5, 0.6) is 0 Å². The lowest BCUT2D eigenvalue weighted by molar-refractivity contribution is -0.120. The Kier molecular flexibility index (Phi) is 4.73. The summed E-state index contributed by atoms with van der Waals surface area (Å²) in [5.74, 6) is -0.0637. The van der Waals surface area contributed by atoms with E-state index in [2.05, 4.69) is 20.3 Å². The lowest BCUT2D eigenvalue weighted by atomic mass is 10.3. The molecule has 0 unspecified atom stereocenters. The van der Waals surface area contributed by atoms with Crippen molar-refractivity contribution >= 4 is 17.2 Å². The Labute approximate surface area is 138 Å². The molecule has 0 aliphatic rings. The number of nitrogens with one attached hydrogen (secondary N) is 1. The largest absolute Gasteiger partial charge is 0.350 e. The number of hydrogen-bond acceptors (Lipinski definition) is 5. The second kappa shape index (κ2) is 7.11. The summed E-state index contributed by atoms with van der Waals surface area (Å²) < 4.78 is 0. The van der Waals surface area contributed by atoms with Gasteiger partial charge in [-0.2, -0.15) is 0 Å². The molecule has 6 heteroatoms. The predicted molar refractivity (Wildman–Crippen MR) is 89.9 cm³/mol. The van der Waals surface area contributed by atoms with E-state index in [1.54, 1.807) is 6.20 Å². The lowest BCUT2D eigenvalue weighted by Gasteiger charge is -2.04. The zero-order valence-corrected chi connectivity index (χ0v) is 13.5. The molecule has 1 N–H and O–H groups in total. The third-order valence-electron chi connectivity index (χ3n) is 3.19. The van der Waals surface area contributed by atoms with Crippen LogP contribution in [0.3, 0.4) is 0 Å². The molecule has 0 aliphatic carbocycles. The third-order valence-corrected chi connectivity index (χ3v) is 4.10. The Morgan fingerprint density at radius 2 is 2.04 bits per heavy atom. The van der Waals surface area contributed by atoms with E-state index >= 15 is 0 Å². The van der Waals surface area contributed by atoms with Crippen molar-refractivity contribution in [2.45, 2.75) is 19.9 Å². The van der Waals surface area contributed by atoms with Crippen LogP contribution in [0.1, 0.15) is 17.1 Å². The number of aryl methyl sites for hydroxylation is 1. The fraction of sp³-hybridized carbons (Fsp3) is 0.176. The van der Waals surface area contributed by atoms with Crippen molar-refractivity contribution in [2.75, 3.05) is 0 Å². The first-order valence-corrected chi connectivity index (χ1v) is 8.14. The van der Waals surface area contributed by atoms with Crippen LogP contribution in [0.2, 0.25) is 0 Å². The number of rotatable bonds is 5. The fourth-order valence-corrected chi connectivity index (χ4v) is 2.90. The number of hydrogen-bond donors (Lipinski definition) is 1. The van der Waals surface area contributed by atoms with Crippen LogP contribution in [-0.2, 0) is 17.8 Å². The Morgan fingerprint density at radius 1 is 1.13 bits per heavy atom. The molecule has 23 heavy (non-hydrogen) atoms. The van der Waals surface area contributed by atoms with Gasteiger partial charge < -0.3 is 5.32 Å². The number of aromatic nitrogens is 3. The second-order valence-electron chi connectivity index (χ2n) is 5.08. The molecular weight excluding hydrogens is 308 g/mol. The smallest absolute Gasteiger partial charge is 0.226 e. The van der Waals surface area contributed by atoms with E-state index in [1.807, 2.05) is 48.7 Å². The van der Waals surface area contributed by atoms with Crippen LogP contribution < -0.4 is 5.32 Å². The van der Waals surface area contributed by atoms with E-state index in [-0.39, 0.29) is 12.3 Å². The summed E-state index contributed by atoms with van der Waals surface area (Å²) in [6.45, 7) is 2.36. The van der Waals surface area contributed by atoms with E-state index in [4.69, 9.17) is 0 Å².